The summed E-state index contributed by atoms with van der Waals surface area (Å²) in [6.07, 6.45) is 7.14. The van der Waals surface area contributed by atoms with Crippen molar-refractivity contribution in [2.45, 2.75) is 102 Å². The van der Waals surface area contributed by atoms with Crippen molar-refractivity contribution in [2.24, 2.45) is 11.8 Å². The average Bonchev–Trinajstić information content (AvgIpc) is 3.03. The Morgan fingerprint density at radius 3 is 1.93 bits per heavy atom. The lowest BCUT2D eigenvalue weighted by molar-refractivity contribution is -0.278. The van der Waals surface area contributed by atoms with E-state index >= 15 is 4.39 Å². The first-order chi connectivity index (χ1) is 21.7. The van der Waals surface area contributed by atoms with Crippen LogP contribution in [0, 0.1) is 29.3 Å². The van der Waals surface area contributed by atoms with Gasteiger partial charge < -0.3 is 9.47 Å². The second kappa shape index (κ2) is 15.1. The lowest BCUT2D eigenvalue weighted by Gasteiger charge is -2.38. The van der Waals surface area contributed by atoms with E-state index in [4.69, 9.17) is 4.74 Å². The normalized spacial score (nSPS) is 22.4. The molecule has 244 valence electrons. The van der Waals surface area contributed by atoms with E-state index in [-0.39, 0.29) is 22.6 Å². The summed E-state index contributed by atoms with van der Waals surface area (Å²) in [5.74, 6) is -2.45. The summed E-state index contributed by atoms with van der Waals surface area (Å²) in [7, 11) is 0. The molecule has 2 saturated carbocycles. The molecule has 2 fully saturated rings. The number of alkyl halides is 3. The molecule has 2 aliphatic carbocycles. The molecule has 0 N–H and O–H groups in total. The zero-order valence-electron chi connectivity index (χ0n) is 25.8. The number of benzene rings is 3. The molecular weight excluding hydrogens is 590 g/mol. The molecule has 2 nitrogen and oxygen atoms in total. The first kappa shape index (κ1) is 33.4. The van der Waals surface area contributed by atoms with E-state index in [1.807, 2.05) is 0 Å². The topological polar surface area (TPSA) is 18.5 Å². The van der Waals surface area contributed by atoms with Gasteiger partial charge in [-0.3, -0.25) is 0 Å². The molecule has 8 heteroatoms. The number of hydrogen-bond donors (Lipinski definition) is 0. The minimum atomic E-state index is -3.31. The smallest absolute Gasteiger partial charge is 0.383 e. The summed E-state index contributed by atoms with van der Waals surface area (Å²) >= 11 is 0. The van der Waals surface area contributed by atoms with Gasteiger partial charge in [-0.2, -0.15) is 8.78 Å². The molecule has 0 radical (unpaired) electrons. The number of ether oxygens (including phenoxy) is 2. The Hall–Kier alpha value is -3.00. The minimum Gasteiger partial charge on any atom is -0.457 e. The Kier molecular flexibility index (Phi) is 11.2. The molecule has 0 heterocycles. The summed E-state index contributed by atoms with van der Waals surface area (Å²) in [5.41, 5.74) is 1.90. The van der Waals surface area contributed by atoms with E-state index in [9.17, 15) is 22.0 Å². The fourth-order valence-corrected chi connectivity index (χ4v) is 7.25. The zero-order chi connectivity index (χ0) is 32.0. The highest BCUT2D eigenvalue weighted by molar-refractivity contribution is 5.66. The van der Waals surface area contributed by atoms with Crippen LogP contribution in [0.25, 0.3) is 11.1 Å². The van der Waals surface area contributed by atoms with Crippen molar-refractivity contribution in [2.75, 3.05) is 6.86 Å². The van der Waals surface area contributed by atoms with Crippen molar-refractivity contribution in [3.05, 3.63) is 88.7 Å². The van der Waals surface area contributed by atoms with Crippen molar-refractivity contribution in [3.8, 4) is 16.9 Å². The van der Waals surface area contributed by atoms with Gasteiger partial charge in [-0.25, -0.2) is 17.6 Å². The van der Waals surface area contributed by atoms with Gasteiger partial charge >= 0.3 is 6.11 Å². The Labute approximate surface area is 262 Å². The highest BCUT2D eigenvalue weighted by atomic mass is 19.3. The summed E-state index contributed by atoms with van der Waals surface area (Å²) in [6.45, 7) is 0.766. The Morgan fingerprint density at radius 2 is 1.36 bits per heavy atom. The monoisotopic (exact) mass is 632 g/mol. The molecule has 45 heavy (non-hydrogen) atoms. The second-order valence-electron chi connectivity index (χ2n) is 12.7. The van der Waals surface area contributed by atoms with E-state index in [0.717, 1.165) is 87.5 Å². The third-order valence-corrected chi connectivity index (χ3v) is 9.80. The number of rotatable bonds is 12. The Balaban J connectivity index is 1.10. The minimum absolute atomic E-state index is 0.0111. The van der Waals surface area contributed by atoms with Crippen LogP contribution in [0.3, 0.4) is 0 Å². The fourth-order valence-electron chi connectivity index (χ4n) is 7.25. The van der Waals surface area contributed by atoms with Gasteiger partial charge in [-0.1, -0.05) is 56.2 Å². The van der Waals surface area contributed by atoms with Gasteiger partial charge in [-0.15, -0.1) is 0 Å². The molecule has 0 amide bonds. The highest BCUT2D eigenvalue weighted by Gasteiger charge is 2.39. The molecule has 0 atom stereocenters. The van der Waals surface area contributed by atoms with Crippen LogP contribution in [0.5, 0.6) is 5.75 Å². The predicted octanol–water partition coefficient (Wildman–Crippen LogP) is 11.4. The van der Waals surface area contributed by atoms with Crippen LogP contribution in [0.1, 0.15) is 100 Å². The molecule has 2 aliphatic rings. The van der Waals surface area contributed by atoms with E-state index in [2.05, 4.69) is 11.7 Å². The molecule has 3 aromatic carbocycles. The molecule has 0 bridgehead atoms. The second-order valence-corrected chi connectivity index (χ2v) is 12.7. The summed E-state index contributed by atoms with van der Waals surface area (Å²) in [6, 6.07) is 13.2. The van der Waals surface area contributed by atoms with E-state index < -0.39 is 42.3 Å². The summed E-state index contributed by atoms with van der Waals surface area (Å²) in [4.78, 5) is 0. The van der Waals surface area contributed by atoms with Crippen LogP contribution in [0.4, 0.5) is 26.3 Å². The molecule has 3 aromatic rings. The molecule has 5 rings (SSSR count). The molecule has 0 aromatic heterocycles. The van der Waals surface area contributed by atoms with Gasteiger partial charge in [-0.05, 0) is 117 Å². The van der Waals surface area contributed by atoms with Crippen LogP contribution < -0.4 is 4.74 Å². The number of halogens is 6. The molecule has 0 saturated heterocycles. The quantitative estimate of drug-likeness (QED) is 0.146. The maximum atomic E-state index is 15.1. The van der Waals surface area contributed by atoms with Gasteiger partial charge in [0.1, 0.15) is 5.82 Å². The average molecular weight is 633 g/mol. The number of unbranched alkanes of at least 4 members (excludes halogenated alkanes) is 2. The third-order valence-electron chi connectivity index (χ3n) is 9.80. The van der Waals surface area contributed by atoms with Crippen molar-refractivity contribution in [3.63, 3.8) is 0 Å². The van der Waals surface area contributed by atoms with Gasteiger partial charge in [0.15, 0.2) is 17.4 Å². The first-order valence-corrected chi connectivity index (χ1v) is 16.3. The molecule has 0 spiro atoms. The van der Waals surface area contributed by atoms with Gasteiger partial charge in [0, 0.05) is 5.56 Å². The number of hydrogen-bond acceptors (Lipinski definition) is 2. The van der Waals surface area contributed by atoms with E-state index in [1.54, 1.807) is 18.2 Å². The van der Waals surface area contributed by atoms with E-state index in [0.29, 0.717) is 24.7 Å². The zero-order valence-corrected chi connectivity index (χ0v) is 25.8. The lowest BCUT2D eigenvalue weighted by atomic mass is 9.69. The van der Waals surface area contributed by atoms with Crippen molar-refractivity contribution in [1.82, 2.24) is 0 Å². The molecule has 0 unspecified atom stereocenters. The van der Waals surface area contributed by atoms with Crippen LogP contribution in [-0.4, -0.2) is 13.0 Å². The maximum Gasteiger partial charge on any atom is 0.383 e. The Bertz CT molecular complexity index is 1370. The van der Waals surface area contributed by atoms with Crippen LogP contribution >= 0.6 is 0 Å². The maximum absolute atomic E-state index is 15.1. The van der Waals surface area contributed by atoms with Gasteiger partial charge in [0.2, 0.25) is 6.86 Å². The fraction of sp³-hybridized carbons (Fsp3) is 0.514. The van der Waals surface area contributed by atoms with Gasteiger partial charge in [0.25, 0.3) is 0 Å². The van der Waals surface area contributed by atoms with Gasteiger partial charge in [0.05, 0.1) is 11.7 Å². The standard InChI is InChI=1S/C37H42F6O2/c1-2-3-4-5-24-6-15-30(16-7-24)37(42,43)45-31-17-12-26(13-18-31)25-8-10-27(11-9-25)28-14-19-32(33(39)20-28)29-21-34(40)36(44-23-38)35(41)22-29/h6-7,14-16,19-22,25-27,31H,2-5,8-13,17-18,23H2,1H3. The van der Waals surface area contributed by atoms with Crippen LogP contribution in [0.2, 0.25) is 0 Å². The SMILES string of the molecule is CCCCCc1ccc(C(F)(F)OC2CCC(C3CCC(c4ccc(-c5cc(F)c(OCF)c(F)c5)c(F)c4)CC3)CC2)cc1. The third kappa shape index (κ3) is 8.24. The summed E-state index contributed by atoms with van der Waals surface area (Å²) < 4.78 is 95.5. The first-order valence-electron chi connectivity index (χ1n) is 16.3. The predicted molar refractivity (Wildman–Crippen MR) is 163 cm³/mol. The van der Waals surface area contributed by atoms with Crippen LogP contribution in [-0.2, 0) is 17.3 Å². The lowest BCUT2D eigenvalue weighted by Crippen LogP contribution is -2.32. The summed E-state index contributed by atoms with van der Waals surface area (Å²) in [5, 5.41) is 0. The van der Waals surface area contributed by atoms with Crippen molar-refractivity contribution in [1.29, 1.82) is 0 Å². The largest absolute Gasteiger partial charge is 0.457 e. The molecular formula is C37H42F6O2. The van der Waals surface area contributed by atoms with Crippen molar-refractivity contribution >= 4 is 0 Å². The van der Waals surface area contributed by atoms with Crippen LogP contribution in [0.15, 0.2) is 54.6 Å². The highest BCUT2D eigenvalue weighted by Crippen LogP contribution is 2.45. The molecule has 0 aliphatic heterocycles. The number of aryl methyl sites for hydroxylation is 1. The van der Waals surface area contributed by atoms with E-state index in [1.165, 1.54) is 24.3 Å². The Morgan fingerprint density at radius 1 is 0.733 bits per heavy atom. The van der Waals surface area contributed by atoms with Crippen molar-refractivity contribution < 1.29 is 35.8 Å².